The van der Waals surface area contributed by atoms with E-state index in [-0.39, 0.29) is 5.75 Å². The van der Waals surface area contributed by atoms with Gasteiger partial charge in [-0.25, -0.2) is 4.98 Å². The van der Waals surface area contributed by atoms with Crippen LogP contribution in [0, 0.1) is 11.8 Å². The van der Waals surface area contributed by atoms with E-state index in [2.05, 4.69) is 58.8 Å². The molecule has 7 rings (SSSR count). The Hall–Kier alpha value is -3.87. The highest BCUT2D eigenvalue weighted by Gasteiger charge is 2.41. The molecule has 1 aliphatic carbocycles. The van der Waals surface area contributed by atoms with Crippen molar-refractivity contribution in [2.24, 2.45) is 0 Å². The van der Waals surface area contributed by atoms with Crippen LogP contribution < -0.4 is 15.5 Å². The van der Waals surface area contributed by atoms with Gasteiger partial charge in [0.2, 0.25) is 0 Å². The van der Waals surface area contributed by atoms with Gasteiger partial charge in [0.25, 0.3) is 0 Å². The third-order valence-corrected chi connectivity index (χ3v) is 8.84. The standard InChI is InChI=1S/C31H36N8O/c32-31-29(19-28(34-35-31)27-5-1-2-6-30(27)40)38-20-25-9-10-26(21-38)39(25)24-11-12-33-22(18-24)4-3-13-36-14-16-37(17-15-36)23-7-8-23/h1-2,5-6,11-12,18-19,23,25-26,40H,7-10,13-17,20-21H2,(H2,32,35). The number of nitrogen functional groups attached to an aromatic ring is 1. The zero-order chi connectivity index (χ0) is 27.1. The SMILES string of the molecule is Nc1nnc(-c2ccccc2O)cc1N1CC2CCC(C1)N2c1ccnc(C#CCN2CCN(C3CC3)CC2)c1. The molecule has 0 radical (unpaired) electrons. The molecule has 4 aliphatic rings. The van der Waals surface area contributed by atoms with Gasteiger partial charge >= 0.3 is 0 Å². The Bertz CT molecular complexity index is 1420. The Balaban J connectivity index is 1.03. The smallest absolute Gasteiger partial charge is 0.169 e. The van der Waals surface area contributed by atoms with Crippen molar-refractivity contribution in [2.75, 3.05) is 61.3 Å². The van der Waals surface area contributed by atoms with E-state index in [0.29, 0.717) is 29.2 Å². The lowest BCUT2D eigenvalue weighted by Gasteiger charge is -2.43. The minimum atomic E-state index is 0.185. The largest absolute Gasteiger partial charge is 0.507 e. The molecule has 0 spiro atoms. The summed E-state index contributed by atoms with van der Waals surface area (Å²) in [6.45, 7) is 7.07. The van der Waals surface area contributed by atoms with Gasteiger partial charge in [-0.1, -0.05) is 18.1 Å². The van der Waals surface area contributed by atoms with Crippen molar-refractivity contribution < 1.29 is 5.11 Å². The summed E-state index contributed by atoms with van der Waals surface area (Å²) >= 11 is 0. The molecule has 3 aliphatic heterocycles. The Kier molecular flexibility index (Phi) is 6.66. The summed E-state index contributed by atoms with van der Waals surface area (Å²) in [6, 6.07) is 15.0. The molecule has 3 saturated heterocycles. The number of benzene rings is 1. The Morgan fingerprint density at radius 2 is 1.65 bits per heavy atom. The van der Waals surface area contributed by atoms with Gasteiger partial charge in [0.15, 0.2) is 5.82 Å². The molecule has 2 bridgehead atoms. The molecule has 9 nitrogen and oxygen atoms in total. The van der Waals surface area contributed by atoms with Gasteiger partial charge in [-0.2, -0.15) is 0 Å². The number of phenols is 1. The molecular weight excluding hydrogens is 500 g/mol. The summed E-state index contributed by atoms with van der Waals surface area (Å²) in [5.41, 5.74) is 10.5. The predicted octanol–water partition coefficient (Wildman–Crippen LogP) is 2.82. The maximum Gasteiger partial charge on any atom is 0.169 e. The molecule has 9 heteroatoms. The van der Waals surface area contributed by atoms with Crippen molar-refractivity contribution in [3.8, 4) is 28.8 Å². The number of fused-ring (bicyclic) bond motifs is 2. The maximum atomic E-state index is 10.3. The molecule has 2 aromatic heterocycles. The van der Waals surface area contributed by atoms with Crippen LogP contribution in [0.2, 0.25) is 0 Å². The summed E-state index contributed by atoms with van der Waals surface area (Å²) in [4.78, 5) is 14.5. The van der Waals surface area contributed by atoms with Crippen LogP contribution in [0.1, 0.15) is 31.4 Å². The van der Waals surface area contributed by atoms with Gasteiger partial charge in [0.1, 0.15) is 11.4 Å². The minimum Gasteiger partial charge on any atom is -0.507 e. The molecule has 5 heterocycles. The summed E-state index contributed by atoms with van der Waals surface area (Å²) in [5.74, 6) is 7.32. The van der Waals surface area contributed by atoms with E-state index in [4.69, 9.17) is 5.73 Å². The summed E-state index contributed by atoms with van der Waals surface area (Å²) in [6.07, 6.45) is 6.91. The van der Waals surface area contributed by atoms with Crippen LogP contribution in [-0.2, 0) is 0 Å². The van der Waals surface area contributed by atoms with Gasteiger partial charge in [0, 0.05) is 74.8 Å². The first kappa shape index (κ1) is 25.1. The second kappa shape index (κ2) is 10.6. The molecule has 1 aromatic carbocycles. The fraction of sp³-hybridized carbons (Fsp3) is 0.452. The topological polar surface area (TPSA) is 97.9 Å². The highest BCUT2D eigenvalue weighted by molar-refractivity contribution is 5.74. The molecule has 2 unspecified atom stereocenters. The number of hydrogen-bond acceptors (Lipinski definition) is 9. The second-order valence-electron chi connectivity index (χ2n) is 11.5. The molecule has 206 valence electrons. The molecule has 40 heavy (non-hydrogen) atoms. The number of phenolic OH excluding ortho intramolecular Hbond substituents is 1. The van der Waals surface area contributed by atoms with Gasteiger partial charge in [-0.3, -0.25) is 9.80 Å². The average molecular weight is 537 g/mol. The van der Waals surface area contributed by atoms with E-state index in [1.807, 2.05) is 24.4 Å². The van der Waals surface area contributed by atoms with E-state index in [9.17, 15) is 5.11 Å². The number of nitrogens with zero attached hydrogens (tertiary/aromatic N) is 7. The number of aromatic hydroxyl groups is 1. The van der Waals surface area contributed by atoms with Crippen molar-refractivity contribution in [1.82, 2.24) is 25.0 Å². The third kappa shape index (κ3) is 5.05. The lowest BCUT2D eigenvalue weighted by Crippen LogP contribution is -2.54. The summed E-state index contributed by atoms with van der Waals surface area (Å²) in [5, 5.41) is 18.8. The van der Waals surface area contributed by atoms with Crippen LogP contribution in [0.15, 0.2) is 48.7 Å². The van der Waals surface area contributed by atoms with Gasteiger partial charge in [-0.15, -0.1) is 10.2 Å². The molecule has 2 atom stereocenters. The first-order valence-electron chi connectivity index (χ1n) is 14.5. The van der Waals surface area contributed by atoms with Gasteiger partial charge in [-0.05, 0) is 61.9 Å². The lowest BCUT2D eigenvalue weighted by molar-refractivity contribution is 0.138. The van der Waals surface area contributed by atoms with Crippen molar-refractivity contribution >= 4 is 17.2 Å². The van der Waals surface area contributed by atoms with E-state index < -0.39 is 0 Å². The van der Waals surface area contributed by atoms with E-state index in [1.165, 1.54) is 31.6 Å². The summed E-state index contributed by atoms with van der Waals surface area (Å²) in [7, 11) is 0. The highest BCUT2D eigenvalue weighted by atomic mass is 16.3. The van der Waals surface area contributed by atoms with Crippen LogP contribution in [-0.4, -0.2) is 94.0 Å². The van der Waals surface area contributed by atoms with Crippen LogP contribution in [0.3, 0.4) is 0 Å². The molecule has 0 amide bonds. The molecule has 4 fully saturated rings. The fourth-order valence-electron chi connectivity index (χ4n) is 6.60. The molecule has 3 aromatic rings. The molecule has 1 saturated carbocycles. The number of rotatable bonds is 5. The van der Waals surface area contributed by atoms with E-state index >= 15 is 0 Å². The van der Waals surface area contributed by atoms with Crippen molar-refractivity contribution in [1.29, 1.82) is 0 Å². The van der Waals surface area contributed by atoms with Crippen LogP contribution >= 0.6 is 0 Å². The first-order valence-corrected chi connectivity index (χ1v) is 14.5. The number of pyridine rings is 1. The van der Waals surface area contributed by atoms with Crippen molar-refractivity contribution in [3.05, 3.63) is 54.4 Å². The van der Waals surface area contributed by atoms with Crippen molar-refractivity contribution in [2.45, 2.75) is 43.8 Å². The molecular formula is C31H36N8O. The van der Waals surface area contributed by atoms with Crippen molar-refractivity contribution in [3.63, 3.8) is 0 Å². The number of piperazine rings is 2. The Morgan fingerprint density at radius 3 is 2.40 bits per heavy atom. The second-order valence-corrected chi connectivity index (χ2v) is 11.5. The van der Waals surface area contributed by atoms with Crippen LogP contribution in [0.4, 0.5) is 17.2 Å². The normalized spacial score (nSPS) is 23.2. The minimum absolute atomic E-state index is 0.185. The number of hydrogen-bond donors (Lipinski definition) is 2. The predicted molar refractivity (Wildman–Crippen MR) is 157 cm³/mol. The Morgan fingerprint density at radius 1 is 0.900 bits per heavy atom. The number of para-hydroxylation sites is 1. The van der Waals surface area contributed by atoms with E-state index in [0.717, 1.165) is 63.0 Å². The zero-order valence-electron chi connectivity index (χ0n) is 22.8. The fourth-order valence-corrected chi connectivity index (χ4v) is 6.60. The van der Waals surface area contributed by atoms with Gasteiger partial charge in [0.05, 0.1) is 17.9 Å². The maximum absolute atomic E-state index is 10.3. The summed E-state index contributed by atoms with van der Waals surface area (Å²) < 4.78 is 0. The number of aromatic nitrogens is 3. The first-order chi connectivity index (χ1) is 19.6. The number of nitrogens with two attached hydrogens (primary N) is 1. The average Bonchev–Trinajstić information content (AvgIpc) is 3.79. The monoisotopic (exact) mass is 536 g/mol. The lowest BCUT2D eigenvalue weighted by atomic mass is 10.1. The quantitative estimate of drug-likeness (QED) is 0.477. The van der Waals surface area contributed by atoms with Crippen LogP contribution in [0.25, 0.3) is 11.3 Å². The number of anilines is 3. The van der Waals surface area contributed by atoms with E-state index in [1.54, 1.807) is 12.1 Å². The third-order valence-electron chi connectivity index (χ3n) is 8.84. The molecule has 3 N–H and O–H groups in total. The highest BCUT2D eigenvalue weighted by Crippen LogP contribution is 2.39. The van der Waals surface area contributed by atoms with Gasteiger partial charge < -0.3 is 20.6 Å². The zero-order valence-corrected chi connectivity index (χ0v) is 22.8. The van der Waals surface area contributed by atoms with Crippen LogP contribution in [0.5, 0.6) is 5.75 Å². The Labute approximate surface area is 235 Å².